The average Bonchev–Trinajstić information content (AvgIpc) is 2.90. The second-order valence-electron chi connectivity index (χ2n) is 4.60. The zero-order chi connectivity index (χ0) is 14.7. The van der Waals surface area contributed by atoms with Crippen molar-refractivity contribution >= 4 is 28.7 Å². The lowest BCUT2D eigenvalue weighted by Gasteiger charge is -2.08. The summed E-state index contributed by atoms with van der Waals surface area (Å²) in [5, 5.41) is 7.26. The molecule has 0 spiro atoms. The molecule has 0 aliphatic carbocycles. The molecule has 0 radical (unpaired) electrons. The summed E-state index contributed by atoms with van der Waals surface area (Å²) in [4.78, 5) is 16.5. The van der Waals surface area contributed by atoms with Gasteiger partial charge in [0.05, 0.1) is 5.69 Å². The first-order valence-electron chi connectivity index (χ1n) is 6.85. The molecule has 0 aliphatic rings. The van der Waals surface area contributed by atoms with Gasteiger partial charge in [0.15, 0.2) is 5.65 Å². The van der Waals surface area contributed by atoms with Gasteiger partial charge in [0.2, 0.25) is 5.91 Å². The smallest absolute Gasteiger partial charge is 0.240 e. The standard InChI is InChI=1S/C13H20ClN5O/c1-4-9-12-13(18(3)17-9)19(8-11(20)15-5-2)10(16-12)6-7-14/h4-8H2,1-3H3,(H,15,20). The molecule has 0 atom stereocenters. The van der Waals surface area contributed by atoms with Crippen LogP contribution in [0.3, 0.4) is 0 Å². The minimum Gasteiger partial charge on any atom is -0.355 e. The molecule has 2 heterocycles. The molecule has 2 aromatic rings. The molecule has 0 fully saturated rings. The number of nitrogens with one attached hydrogen (secondary N) is 1. The summed E-state index contributed by atoms with van der Waals surface area (Å²) in [6.45, 7) is 4.82. The van der Waals surface area contributed by atoms with Gasteiger partial charge in [-0.05, 0) is 13.3 Å². The first kappa shape index (κ1) is 14.8. The van der Waals surface area contributed by atoms with Crippen molar-refractivity contribution in [2.75, 3.05) is 12.4 Å². The van der Waals surface area contributed by atoms with Crippen LogP contribution in [0.25, 0.3) is 11.2 Å². The minimum absolute atomic E-state index is 0.0260. The lowest BCUT2D eigenvalue weighted by molar-refractivity contribution is -0.121. The van der Waals surface area contributed by atoms with Crippen LogP contribution in [0.1, 0.15) is 25.4 Å². The van der Waals surface area contributed by atoms with E-state index in [1.54, 1.807) is 4.68 Å². The highest BCUT2D eigenvalue weighted by atomic mass is 35.5. The molecule has 7 heteroatoms. The van der Waals surface area contributed by atoms with Gasteiger partial charge in [0.1, 0.15) is 17.9 Å². The molecule has 1 N–H and O–H groups in total. The second kappa shape index (κ2) is 6.26. The van der Waals surface area contributed by atoms with E-state index in [0.717, 1.165) is 29.1 Å². The summed E-state index contributed by atoms with van der Waals surface area (Å²) in [6.07, 6.45) is 1.45. The Labute approximate surface area is 123 Å². The average molecular weight is 298 g/mol. The van der Waals surface area contributed by atoms with Crippen LogP contribution in [-0.4, -0.2) is 37.7 Å². The number of carbonyl (C=O) groups excluding carboxylic acids is 1. The highest BCUT2D eigenvalue weighted by Gasteiger charge is 2.19. The van der Waals surface area contributed by atoms with Crippen LogP contribution in [-0.2, 0) is 31.2 Å². The molecular formula is C13H20ClN5O. The number of aromatic nitrogens is 4. The van der Waals surface area contributed by atoms with Gasteiger partial charge in [0, 0.05) is 25.9 Å². The molecule has 20 heavy (non-hydrogen) atoms. The van der Waals surface area contributed by atoms with Gasteiger partial charge in [-0.2, -0.15) is 5.10 Å². The van der Waals surface area contributed by atoms with Gasteiger partial charge in [-0.25, -0.2) is 4.98 Å². The summed E-state index contributed by atoms with van der Waals surface area (Å²) in [7, 11) is 1.88. The number of carbonyl (C=O) groups is 1. The van der Waals surface area contributed by atoms with E-state index in [-0.39, 0.29) is 12.5 Å². The Morgan fingerprint density at radius 2 is 2.15 bits per heavy atom. The Hall–Kier alpha value is -1.56. The summed E-state index contributed by atoms with van der Waals surface area (Å²) >= 11 is 5.84. The van der Waals surface area contributed by atoms with Crippen molar-refractivity contribution in [3.63, 3.8) is 0 Å². The minimum atomic E-state index is -0.0260. The molecule has 0 saturated heterocycles. The van der Waals surface area contributed by atoms with E-state index >= 15 is 0 Å². The Bertz CT molecular complexity index is 616. The molecule has 0 aliphatic heterocycles. The quantitative estimate of drug-likeness (QED) is 0.816. The molecule has 0 saturated carbocycles. The highest BCUT2D eigenvalue weighted by Crippen LogP contribution is 2.20. The van der Waals surface area contributed by atoms with E-state index in [0.29, 0.717) is 18.8 Å². The molecule has 6 nitrogen and oxygen atoms in total. The van der Waals surface area contributed by atoms with Gasteiger partial charge in [-0.15, -0.1) is 11.6 Å². The van der Waals surface area contributed by atoms with E-state index in [1.807, 2.05) is 25.5 Å². The third kappa shape index (κ3) is 2.65. The number of nitrogens with zero attached hydrogens (tertiary/aromatic N) is 4. The number of aryl methyl sites for hydroxylation is 3. The van der Waals surface area contributed by atoms with Crippen molar-refractivity contribution in [2.45, 2.75) is 33.2 Å². The van der Waals surface area contributed by atoms with Crippen molar-refractivity contribution in [2.24, 2.45) is 7.05 Å². The Morgan fingerprint density at radius 3 is 2.75 bits per heavy atom. The van der Waals surface area contributed by atoms with E-state index in [2.05, 4.69) is 15.4 Å². The SMILES string of the molecule is CCNC(=O)Cn1c(CCCl)nc2c(CC)nn(C)c21. The van der Waals surface area contributed by atoms with E-state index in [1.165, 1.54) is 0 Å². The second-order valence-corrected chi connectivity index (χ2v) is 4.98. The van der Waals surface area contributed by atoms with Crippen LogP contribution in [0.15, 0.2) is 0 Å². The number of imidazole rings is 1. The van der Waals surface area contributed by atoms with Crippen molar-refractivity contribution in [1.29, 1.82) is 0 Å². The van der Waals surface area contributed by atoms with Crippen LogP contribution in [0.4, 0.5) is 0 Å². The van der Waals surface area contributed by atoms with Gasteiger partial charge >= 0.3 is 0 Å². The summed E-state index contributed by atoms with van der Waals surface area (Å²) in [5.41, 5.74) is 2.71. The summed E-state index contributed by atoms with van der Waals surface area (Å²) in [6, 6.07) is 0. The van der Waals surface area contributed by atoms with Crippen LogP contribution in [0.2, 0.25) is 0 Å². The largest absolute Gasteiger partial charge is 0.355 e. The third-order valence-corrected chi connectivity index (χ3v) is 3.39. The zero-order valence-corrected chi connectivity index (χ0v) is 12.9. The predicted octanol–water partition coefficient (Wildman–Crippen LogP) is 1.25. The Kier molecular flexibility index (Phi) is 4.65. The predicted molar refractivity (Wildman–Crippen MR) is 79.0 cm³/mol. The monoisotopic (exact) mass is 297 g/mol. The van der Waals surface area contributed by atoms with Gasteiger partial charge < -0.3 is 9.88 Å². The maximum absolute atomic E-state index is 11.9. The number of hydrogen-bond acceptors (Lipinski definition) is 3. The number of amides is 1. The van der Waals surface area contributed by atoms with E-state index < -0.39 is 0 Å². The maximum Gasteiger partial charge on any atom is 0.240 e. The number of rotatable bonds is 6. The topological polar surface area (TPSA) is 64.7 Å². The molecule has 0 bridgehead atoms. The normalized spacial score (nSPS) is 11.2. The summed E-state index contributed by atoms with van der Waals surface area (Å²) in [5.74, 6) is 1.29. The van der Waals surface area contributed by atoms with Crippen molar-refractivity contribution < 1.29 is 4.79 Å². The molecule has 1 amide bonds. The van der Waals surface area contributed by atoms with Gasteiger partial charge in [-0.1, -0.05) is 6.92 Å². The first-order valence-corrected chi connectivity index (χ1v) is 7.39. The lowest BCUT2D eigenvalue weighted by atomic mass is 10.3. The van der Waals surface area contributed by atoms with E-state index in [9.17, 15) is 4.79 Å². The number of hydrogen-bond donors (Lipinski definition) is 1. The molecule has 2 rings (SSSR count). The van der Waals surface area contributed by atoms with Crippen LogP contribution in [0, 0.1) is 0 Å². The zero-order valence-electron chi connectivity index (χ0n) is 12.1. The summed E-state index contributed by atoms with van der Waals surface area (Å²) < 4.78 is 3.70. The van der Waals surface area contributed by atoms with Gasteiger partial charge in [-0.3, -0.25) is 9.48 Å². The molecular weight excluding hydrogens is 278 g/mol. The Balaban J connectivity index is 2.50. The van der Waals surface area contributed by atoms with Crippen molar-refractivity contribution in [3.05, 3.63) is 11.5 Å². The van der Waals surface area contributed by atoms with Crippen molar-refractivity contribution in [3.8, 4) is 0 Å². The third-order valence-electron chi connectivity index (χ3n) is 3.20. The van der Waals surface area contributed by atoms with Gasteiger partial charge in [0.25, 0.3) is 0 Å². The number of fused-ring (bicyclic) bond motifs is 1. The van der Waals surface area contributed by atoms with Crippen LogP contribution in [0.5, 0.6) is 0 Å². The fourth-order valence-electron chi connectivity index (χ4n) is 2.36. The van der Waals surface area contributed by atoms with Crippen LogP contribution < -0.4 is 5.32 Å². The molecule has 2 aromatic heterocycles. The number of halogens is 1. The number of alkyl halides is 1. The molecule has 0 unspecified atom stereocenters. The maximum atomic E-state index is 11.9. The highest BCUT2D eigenvalue weighted by molar-refractivity contribution is 6.17. The fraction of sp³-hybridized carbons (Fsp3) is 0.615. The van der Waals surface area contributed by atoms with Crippen molar-refractivity contribution in [1.82, 2.24) is 24.6 Å². The molecule has 110 valence electrons. The van der Waals surface area contributed by atoms with E-state index in [4.69, 9.17) is 11.6 Å². The molecule has 0 aromatic carbocycles. The van der Waals surface area contributed by atoms with Crippen LogP contribution >= 0.6 is 11.6 Å². The first-order chi connectivity index (χ1) is 9.62. The lowest BCUT2D eigenvalue weighted by Crippen LogP contribution is -2.28. The fourth-order valence-corrected chi connectivity index (χ4v) is 2.53. The Morgan fingerprint density at radius 1 is 1.40 bits per heavy atom. The number of likely N-dealkylation sites (N-methyl/N-ethyl adjacent to an activating group) is 1.